The van der Waals surface area contributed by atoms with Gasteiger partial charge in [-0.15, -0.1) is 0 Å². The summed E-state index contributed by atoms with van der Waals surface area (Å²) >= 11 is 0. The van der Waals surface area contributed by atoms with Crippen molar-refractivity contribution in [3.05, 3.63) is 79.9 Å². The highest BCUT2D eigenvalue weighted by atomic mass is 16.6. The first-order valence-corrected chi connectivity index (χ1v) is 5.54. The molecule has 0 spiro atoms. The van der Waals surface area contributed by atoms with E-state index in [4.69, 9.17) is 0 Å². The minimum Gasteiger partial charge on any atom is -0.258 e. The first-order chi connectivity index (χ1) is 9.09. The van der Waals surface area contributed by atoms with E-state index in [1.807, 2.05) is 6.07 Å². The van der Waals surface area contributed by atoms with Crippen molar-refractivity contribution in [2.24, 2.45) is 0 Å². The highest BCUT2D eigenvalue weighted by Crippen LogP contribution is 2.30. The van der Waals surface area contributed by atoms with E-state index < -0.39 is 9.85 Å². The van der Waals surface area contributed by atoms with Crippen molar-refractivity contribution >= 4 is 11.4 Å². The average molecular weight is 258 g/mol. The van der Waals surface area contributed by atoms with Crippen LogP contribution in [0.2, 0.25) is 0 Å². The standard InChI is InChI=1S/C13H10N2O4/c16-14(17)12-7-4-8-13(15(18)19)11(12)9-10-5-2-1-3-6-10/h1-8H,9H2. The van der Waals surface area contributed by atoms with Crippen molar-refractivity contribution in [2.75, 3.05) is 0 Å². The maximum atomic E-state index is 11.0. The molecule has 0 heterocycles. The van der Waals surface area contributed by atoms with Gasteiger partial charge in [0.1, 0.15) is 5.56 Å². The third-order valence-corrected chi connectivity index (χ3v) is 2.74. The fourth-order valence-corrected chi connectivity index (χ4v) is 1.89. The summed E-state index contributed by atoms with van der Waals surface area (Å²) in [6, 6.07) is 12.8. The van der Waals surface area contributed by atoms with Crippen molar-refractivity contribution in [3.63, 3.8) is 0 Å². The lowest BCUT2D eigenvalue weighted by Crippen LogP contribution is -2.01. The molecule has 2 aromatic carbocycles. The molecule has 0 atom stereocenters. The van der Waals surface area contributed by atoms with Crippen molar-refractivity contribution in [1.29, 1.82) is 0 Å². The fourth-order valence-electron chi connectivity index (χ4n) is 1.89. The van der Waals surface area contributed by atoms with Crippen LogP contribution in [0.5, 0.6) is 0 Å². The van der Waals surface area contributed by atoms with Gasteiger partial charge in [-0.05, 0) is 11.6 Å². The number of hydrogen-bond acceptors (Lipinski definition) is 4. The molecule has 0 radical (unpaired) electrons. The largest absolute Gasteiger partial charge is 0.279 e. The van der Waals surface area contributed by atoms with Gasteiger partial charge in [-0.3, -0.25) is 20.2 Å². The van der Waals surface area contributed by atoms with Crippen LogP contribution in [-0.4, -0.2) is 9.85 Å². The predicted molar refractivity (Wildman–Crippen MR) is 69.0 cm³/mol. The molecule has 0 amide bonds. The van der Waals surface area contributed by atoms with Gasteiger partial charge in [-0.2, -0.15) is 0 Å². The molecule has 6 nitrogen and oxygen atoms in total. The molecule has 0 fully saturated rings. The molecule has 0 unspecified atom stereocenters. The molecule has 0 bridgehead atoms. The Kier molecular flexibility index (Phi) is 3.51. The normalized spacial score (nSPS) is 10.1. The smallest absolute Gasteiger partial charge is 0.258 e. The molecule has 0 N–H and O–H groups in total. The van der Waals surface area contributed by atoms with Crippen LogP contribution in [0.15, 0.2) is 48.5 Å². The summed E-state index contributed by atoms with van der Waals surface area (Å²) in [6.07, 6.45) is 0.161. The van der Waals surface area contributed by atoms with Crippen LogP contribution in [0.4, 0.5) is 11.4 Å². The van der Waals surface area contributed by atoms with Crippen LogP contribution in [0, 0.1) is 20.2 Å². The molecule has 0 aliphatic heterocycles. The highest BCUT2D eigenvalue weighted by Gasteiger charge is 2.24. The second kappa shape index (κ2) is 5.26. The number of nitro groups is 2. The summed E-state index contributed by atoms with van der Waals surface area (Å²) in [6.45, 7) is 0. The minimum absolute atomic E-state index is 0.128. The number of benzene rings is 2. The summed E-state index contributed by atoms with van der Waals surface area (Å²) in [5, 5.41) is 21.9. The summed E-state index contributed by atoms with van der Waals surface area (Å²) in [5.74, 6) is 0. The Morgan fingerprint density at radius 3 is 1.79 bits per heavy atom. The van der Waals surface area contributed by atoms with E-state index in [-0.39, 0.29) is 23.4 Å². The van der Waals surface area contributed by atoms with Crippen LogP contribution in [0.25, 0.3) is 0 Å². The topological polar surface area (TPSA) is 86.3 Å². The molecule has 6 heteroatoms. The summed E-state index contributed by atoms with van der Waals surface area (Å²) in [7, 11) is 0. The number of hydrogen-bond donors (Lipinski definition) is 0. The molecule has 0 saturated heterocycles. The van der Waals surface area contributed by atoms with Gasteiger partial charge in [0.15, 0.2) is 0 Å². The fraction of sp³-hybridized carbons (Fsp3) is 0.0769. The quantitative estimate of drug-likeness (QED) is 0.622. The van der Waals surface area contributed by atoms with Crippen molar-refractivity contribution in [1.82, 2.24) is 0 Å². The van der Waals surface area contributed by atoms with Crippen LogP contribution < -0.4 is 0 Å². The van der Waals surface area contributed by atoms with Gasteiger partial charge < -0.3 is 0 Å². The van der Waals surface area contributed by atoms with E-state index in [0.717, 1.165) is 5.56 Å². The Bertz CT molecular complexity index is 594. The lowest BCUT2D eigenvalue weighted by molar-refractivity contribution is -0.395. The van der Waals surface area contributed by atoms with E-state index in [9.17, 15) is 20.2 Å². The first kappa shape index (κ1) is 12.7. The van der Waals surface area contributed by atoms with Crippen molar-refractivity contribution in [2.45, 2.75) is 6.42 Å². The predicted octanol–water partition coefficient (Wildman–Crippen LogP) is 3.09. The Hall–Kier alpha value is -2.76. The van der Waals surface area contributed by atoms with Gasteiger partial charge >= 0.3 is 0 Å². The molecular formula is C13H10N2O4. The second-order valence-electron chi connectivity index (χ2n) is 3.95. The molecule has 0 aliphatic rings. The van der Waals surface area contributed by atoms with E-state index in [2.05, 4.69) is 0 Å². The van der Waals surface area contributed by atoms with Crippen molar-refractivity contribution in [3.8, 4) is 0 Å². The number of rotatable bonds is 4. The third kappa shape index (κ3) is 2.74. The minimum atomic E-state index is -0.592. The molecule has 0 aromatic heterocycles. The van der Waals surface area contributed by atoms with Crippen molar-refractivity contribution < 1.29 is 9.85 Å². The van der Waals surface area contributed by atoms with Crippen LogP contribution in [0.1, 0.15) is 11.1 Å². The Morgan fingerprint density at radius 1 is 0.789 bits per heavy atom. The summed E-state index contributed by atoms with van der Waals surface area (Å²) in [4.78, 5) is 20.8. The van der Waals surface area contributed by atoms with E-state index in [1.54, 1.807) is 24.3 Å². The van der Waals surface area contributed by atoms with E-state index >= 15 is 0 Å². The van der Waals surface area contributed by atoms with Gasteiger partial charge in [0, 0.05) is 18.6 Å². The third-order valence-electron chi connectivity index (χ3n) is 2.74. The Labute approximate surface area is 108 Å². The molecule has 0 aliphatic carbocycles. The van der Waals surface area contributed by atoms with Gasteiger partial charge in [0.25, 0.3) is 11.4 Å². The first-order valence-electron chi connectivity index (χ1n) is 5.54. The van der Waals surface area contributed by atoms with Crippen LogP contribution in [0.3, 0.4) is 0 Å². The van der Waals surface area contributed by atoms with Gasteiger partial charge in [-0.25, -0.2) is 0 Å². The zero-order valence-corrected chi connectivity index (χ0v) is 9.85. The van der Waals surface area contributed by atoms with Gasteiger partial charge in [0.2, 0.25) is 0 Å². The average Bonchev–Trinajstić information content (AvgIpc) is 2.39. The lowest BCUT2D eigenvalue weighted by atomic mass is 10.0. The maximum absolute atomic E-state index is 11.0. The zero-order chi connectivity index (χ0) is 13.8. The van der Waals surface area contributed by atoms with Crippen LogP contribution >= 0.6 is 0 Å². The molecule has 2 aromatic rings. The highest BCUT2D eigenvalue weighted by molar-refractivity contribution is 5.55. The Balaban J connectivity index is 2.52. The summed E-state index contributed by atoms with van der Waals surface area (Å²) in [5.41, 5.74) is 0.472. The lowest BCUT2D eigenvalue weighted by Gasteiger charge is -2.04. The van der Waals surface area contributed by atoms with E-state index in [1.165, 1.54) is 18.2 Å². The molecular weight excluding hydrogens is 248 g/mol. The second-order valence-corrected chi connectivity index (χ2v) is 3.95. The van der Waals surface area contributed by atoms with Crippen LogP contribution in [-0.2, 0) is 6.42 Å². The molecule has 19 heavy (non-hydrogen) atoms. The molecule has 96 valence electrons. The molecule has 2 rings (SSSR count). The van der Waals surface area contributed by atoms with Gasteiger partial charge in [0.05, 0.1) is 9.85 Å². The summed E-state index contributed by atoms with van der Waals surface area (Å²) < 4.78 is 0. The number of nitro benzene ring substituents is 2. The zero-order valence-electron chi connectivity index (χ0n) is 9.85. The number of nitrogens with zero attached hydrogens (tertiary/aromatic N) is 2. The SMILES string of the molecule is O=[N+]([O-])c1cccc([N+](=O)[O-])c1Cc1ccccc1. The maximum Gasteiger partial charge on any atom is 0.279 e. The Morgan fingerprint density at radius 2 is 1.32 bits per heavy atom. The van der Waals surface area contributed by atoms with Gasteiger partial charge in [-0.1, -0.05) is 30.3 Å². The monoisotopic (exact) mass is 258 g/mol. The van der Waals surface area contributed by atoms with E-state index in [0.29, 0.717) is 0 Å². The molecule has 0 saturated carbocycles.